The van der Waals surface area contributed by atoms with Crippen molar-refractivity contribution in [3.05, 3.63) is 0 Å². The first kappa shape index (κ1) is 9.21. The predicted octanol–water partition coefficient (Wildman–Crippen LogP) is -0.374. The Kier molecular flexibility index (Phi) is 16.3. The number of nitrogens with zero attached hydrogens (tertiary/aromatic N) is 1. The van der Waals surface area contributed by atoms with Crippen LogP contribution in [0.5, 0.6) is 0 Å². The molecule has 2 nitrogen and oxygen atoms in total. The van der Waals surface area contributed by atoms with E-state index in [0.717, 1.165) is 0 Å². The molecule has 0 radical (unpaired) electrons. The zero-order valence-corrected chi connectivity index (χ0v) is 3.09. The van der Waals surface area contributed by atoms with Crippen molar-refractivity contribution >= 4 is 39.0 Å². The maximum absolute atomic E-state index is 7.38. The molecule has 4 heteroatoms. The monoisotopic (exact) mass is 99.0 g/mol. The quantitative estimate of drug-likeness (QED) is 0.236. The van der Waals surface area contributed by atoms with Crippen LogP contribution in [0.1, 0.15) is 0 Å². The third-order valence-electron chi connectivity index (χ3n) is 0.0527. The van der Waals surface area contributed by atoms with Crippen molar-refractivity contribution in [1.29, 1.82) is 5.26 Å². The molecule has 0 aliphatic heterocycles. The second-order valence-corrected chi connectivity index (χ2v) is 0.445. The second kappa shape index (κ2) is 8.83. The average molecular weight is 99.0 g/mol. The molecule has 0 fully saturated rings. The van der Waals surface area contributed by atoms with Crippen molar-refractivity contribution in [2.24, 2.45) is 0 Å². The van der Waals surface area contributed by atoms with Crippen molar-refractivity contribution in [2.45, 2.75) is 0 Å². The molecule has 0 heterocycles. The van der Waals surface area contributed by atoms with Gasteiger partial charge >= 0.3 is 29.6 Å². The van der Waals surface area contributed by atoms with Crippen molar-refractivity contribution in [3.63, 3.8) is 0 Å². The zero-order chi connectivity index (χ0) is 3.41. The van der Waals surface area contributed by atoms with Crippen LogP contribution in [0, 0.1) is 11.5 Å². The third-order valence-corrected chi connectivity index (χ3v) is 0.158. The molecule has 1 atom stereocenters. The Bertz CT molecular complexity index is 41.4. The summed E-state index contributed by atoms with van der Waals surface area (Å²) in [5.74, 6) is 0. The van der Waals surface area contributed by atoms with Gasteiger partial charge in [0.25, 0.3) is 6.26 Å². The first-order valence-electron chi connectivity index (χ1n) is 0.663. The molecule has 0 aliphatic carbocycles. The average Bonchev–Trinajstić information content (AvgIpc) is 1.37. The van der Waals surface area contributed by atoms with Gasteiger partial charge in [-0.1, -0.05) is 0 Å². The van der Waals surface area contributed by atoms with E-state index >= 15 is 0 Å². The molecule has 0 aromatic rings. The molecule has 0 rings (SSSR count). The molecule has 0 saturated carbocycles. The Morgan fingerprint density at radius 2 is 2.00 bits per heavy atom. The molecule has 0 N–H and O–H groups in total. The van der Waals surface area contributed by atoms with Crippen molar-refractivity contribution in [1.82, 2.24) is 0 Å². The van der Waals surface area contributed by atoms with Gasteiger partial charge in [0.1, 0.15) is 0 Å². The summed E-state index contributed by atoms with van der Waals surface area (Å²) in [7, 11) is 1.79. The van der Waals surface area contributed by atoms with Gasteiger partial charge in [-0.2, -0.15) is 5.26 Å². The molecule has 24 valence electrons. The molecule has 0 spiro atoms. The minimum atomic E-state index is 0. The van der Waals surface area contributed by atoms with Crippen LogP contribution in [0.2, 0.25) is 0 Å². The van der Waals surface area contributed by atoms with E-state index in [0.29, 0.717) is 0 Å². The summed E-state index contributed by atoms with van der Waals surface area (Å²) in [4.78, 5) is 0. The molecule has 0 bridgehead atoms. The maximum atomic E-state index is 7.38. The molecule has 1 unspecified atom stereocenters. The fraction of sp³-hybridized carbons (Fsp3) is 0. The first-order valence-corrected chi connectivity index (χ1v) is 1.13. The van der Waals surface area contributed by atoms with Gasteiger partial charge in [0, 0.05) is 0 Å². The van der Waals surface area contributed by atoms with Gasteiger partial charge in [0.05, 0.1) is 9.47 Å². The van der Waals surface area contributed by atoms with Crippen LogP contribution in [0.3, 0.4) is 0 Å². The van der Waals surface area contributed by atoms with E-state index in [1.807, 2.05) is 0 Å². The van der Waals surface area contributed by atoms with Gasteiger partial charge in [-0.05, 0) is 0 Å². The van der Waals surface area contributed by atoms with E-state index in [-0.39, 0.29) is 29.6 Å². The van der Waals surface area contributed by atoms with Crippen LogP contribution >= 0.6 is 9.47 Å². The van der Waals surface area contributed by atoms with E-state index < -0.39 is 0 Å². The van der Waals surface area contributed by atoms with E-state index in [1.165, 1.54) is 6.26 Å². The summed E-state index contributed by atoms with van der Waals surface area (Å²) in [6.45, 7) is 0. The third kappa shape index (κ3) is 11.8. The van der Waals surface area contributed by atoms with Gasteiger partial charge in [0.15, 0.2) is 0 Å². The van der Waals surface area contributed by atoms with E-state index in [9.17, 15) is 0 Å². The van der Waals surface area contributed by atoms with Crippen LogP contribution in [-0.2, 0) is 4.52 Å². The van der Waals surface area contributed by atoms with Crippen LogP contribution in [0.4, 0.5) is 0 Å². The summed E-state index contributed by atoms with van der Waals surface area (Å²) < 4.78 is 3.76. The normalized spacial score (nSPS) is 3.20. The van der Waals surface area contributed by atoms with Gasteiger partial charge in [0.2, 0.25) is 0 Å². The molecule has 0 aliphatic rings. The van der Waals surface area contributed by atoms with Crippen LogP contribution in [0.25, 0.3) is 0 Å². The summed E-state index contributed by atoms with van der Waals surface area (Å²) in [5, 5.41) is 7.38. The Morgan fingerprint density at radius 1 is 1.80 bits per heavy atom. The van der Waals surface area contributed by atoms with Crippen LogP contribution in [-0.4, -0.2) is 29.6 Å². The number of rotatable bonds is 0. The summed E-state index contributed by atoms with van der Waals surface area (Å²) >= 11 is 0. The second-order valence-electron chi connectivity index (χ2n) is 0.209. The van der Waals surface area contributed by atoms with Crippen molar-refractivity contribution < 1.29 is 4.52 Å². The molecule has 0 saturated heterocycles. The minimum absolute atomic E-state index is 0. The Morgan fingerprint density at radius 3 is 2.00 bits per heavy atom. The number of hydrogen-bond donors (Lipinski definition) is 0. The fourth-order valence-corrected chi connectivity index (χ4v) is 0. The van der Waals surface area contributed by atoms with E-state index in [2.05, 4.69) is 4.52 Å². The molecule has 0 aromatic carbocycles. The van der Waals surface area contributed by atoms with E-state index in [1.54, 1.807) is 9.47 Å². The Hall–Kier alpha value is 0.720. The first-order chi connectivity index (χ1) is 1.91. The van der Waals surface area contributed by atoms with E-state index in [4.69, 9.17) is 5.26 Å². The van der Waals surface area contributed by atoms with Crippen LogP contribution < -0.4 is 0 Å². The fourth-order valence-electron chi connectivity index (χ4n) is 0. The zero-order valence-electron chi connectivity index (χ0n) is 1.93. The Labute approximate surface area is 55.1 Å². The molecule has 0 aromatic heterocycles. The van der Waals surface area contributed by atoms with Crippen LogP contribution in [0.15, 0.2) is 0 Å². The van der Waals surface area contributed by atoms with Gasteiger partial charge < -0.3 is 4.52 Å². The Balaban J connectivity index is 0. The SMILES string of the molecule is N#COP.[NaH]. The molecule has 0 amide bonds. The van der Waals surface area contributed by atoms with Gasteiger partial charge in [-0.15, -0.1) is 0 Å². The summed E-state index contributed by atoms with van der Waals surface area (Å²) in [5.41, 5.74) is 0. The van der Waals surface area contributed by atoms with Crippen molar-refractivity contribution in [3.8, 4) is 6.26 Å². The standard InChI is InChI=1S/CH2NOP.Na.H/c2-1-3-4;;/h4H2;;. The molecular weight excluding hydrogens is 96.0 g/mol. The number of hydrogen-bond acceptors (Lipinski definition) is 2. The summed E-state index contributed by atoms with van der Waals surface area (Å²) in [6.07, 6.45) is 1.39. The van der Waals surface area contributed by atoms with Gasteiger partial charge in [-0.3, -0.25) is 0 Å². The van der Waals surface area contributed by atoms with Gasteiger partial charge in [-0.25, -0.2) is 0 Å². The molecular formula is CH3NNaOP. The summed E-state index contributed by atoms with van der Waals surface area (Å²) in [6, 6.07) is 0. The topological polar surface area (TPSA) is 33.0 Å². The van der Waals surface area contributed by atoms with Crippen molar-refractivity contribution in [2.75, 3.05) is 0 Å². The molecule has 5 heavy (non-hydrogen) atoms. The predicted molar refractivity (Wildman–Crippen MR) is 23.6 cm³/mol. The number of nitriles is 1.